The lowest BCUT2D eigenvalue weighted by Crippen LogP contribution is -2.57. The van der Waals surface area contributed by atoms with Crippen molar-refractivity contribution < 1.29 is 29.4 Å². The number of aliphatic imine (C=N–C) groups is 1. The highest BCUT2D eigenvalue weighted by molar-refractivity contribution is 7.98. The molecule has 0 aliphatic heterocycles. The van der Waals surface area contributed by atoms with Gasteiger partial charge in [-0.05, 0) is 74.8 Å². The van der Waals surface area contributed by atoms with Gasteiger partial charge in [-0.1, -0.05) is 12.1 Å². The minimum atomic E-state index is -1.26. The van der Waals surface area contributed by atoms with Crippen molar-refractivity contribution in [3.63, 3.8) is 0 Å². The molecule has 4 unspecified atom stereocenters. The molecule has 0 spiro atoms. The van der Waals surface area contributed by atoms with Crippen LogP contribution < -0.4 is 38.9 Å². The second-order valence-electron chi connectivity index (χ2n) is 9.51. The number of carbonyl (C=O) groups is 4. The van der Waals surface area contributed by atoms with E-state index in [0.29, 0.717) is 37.1 Å². The van der Waals surface area contributed by atoms with Gasteiger partial charge < -0.3 is 49.1 Å². The van der Waals surface area contributed by atoms with Crippen molar-refractivity contribution in [1.29, 1.82) is 0 Å². The van der Waals surface area contributed by atoms with Crippen LogP contribution in [0.25, 0.3) is 0 Å². The van der Waals surface area contributed by atoms with Crippen molar-refractivity contribution in [1.82, 2.24) is 16.0 Å². The minimum absolute atomic E-state index is 0.00506. The second-order valence-corrected chi connectivity index (χ2v) is 10.5. The van der Waals surface area contributed by atoms with Crippen molar-refractivity contribution in [2.45, 2.75) is 69.1 Å². The molecule has 0 saturated heterocycles. The number of rotatable bonds is 20. The maximum Gasteiger partial charge on any atom is 0.326 e. The van der Waals surface area contributed by atoms with Crippen molar-refractivity contribution in [3.8, 4) is 5.75 Å². The van der Waals surface area contributed by atoms with Crippen LogP contribution >= 0.6 is 11.8 Å². The van der Waals surface area contributed by atoms with Crippen LogP contribution in [0.2, 0.25) is 0 Å². The molecular formula is C26H44N8O6S. The molecule has 1 aromatic rings. The van der Waals surface area contributed by atoms with Crippen molar-refractivity contribution in [3.05, 3.63) is 29.8 Å². The topological polar surface area (TPSA) is 261 Å². The number of nitrogens with one attached hydrogen (secondary N) is 3. The molecule has 0 fully saturated rings. The lowest BCUT2D eigenvalue weighted by atomic mass is 10.0. The molecule has 13 N–H and O–H groups in total. The molecule has 4 atom stereocenters. The lowest BCUT2D eigenvalue weighted by molar-refractivity contribution is -0.142. The Balaban J connectivity index is 3.12. The molecule has 3 amide bonds. The summed E-state index contributed by atoms with van der Waals surface area (Å²) in [5.41, 5.74) is 22.8. The minimum Gasteiger partial charge on any atom is -0.508 e. The number of nitrogens with two attached hydrogens (primary N) is 4. The number of carboxylic acid groups (broad SMARTS) is 1. The number of carbonyl (C=O) groups excluding carboxylic acids is 3. The second kappa shape index (κ2) is 19.5. The fraction of sp³-hybridized carbons (Fsp3) is 0.577. The summed E-state index contributed by atoms with van der Waals surface area (Å²) in [6.45, 7) is 0.583. The quantitative estimate of drug-likeness (QED) is 0.0487. The summed E-state index contributed by atoms with van der Waals surface area (Å²) in [7, 11) is 0. The molecule has 41 heavy (non-hydrogen) atoms. The van der Waals surface area contributed by atoms with E-state index < -0.39 is 47.9 Å². The summed E-state index contributed by atoms with van der Waals surface area (Å²) in [6.07, 6.45) is 4.08. The summed E-state index contributed by atoms with van der Waals surface area (Å²) in [5, 5.41) is 27.1. The van der Waals surface area contributed by atoms with Crippen LogP contribution in [0.5, 0.6) is 5.75 Å². The molecule has 0 heterocycles. The summed E-state index contributed by atoms with van der Waals surface area (Å²) in [4.78, 5) is 55.0. The van der Waals surface area contributed by atoms with E-state index in [1.165, 1.54) is 12.1 Å². The molecule has 0 saturated carbocycles. The van der Waals surface area contributed by atoms with Gasteiger partial charge in [0.05, 0.1) is 6.04 Å². The van der Waals surface area contributed by atoms with E-state index in [4.69, 9.17) is 22.9 Å². The van der Waals surface area contributed by atoms with Gasteiger partial charge in [-0.3, -0.25) is 19.4 Å². The van der Waals surface area contributed by atoms with E-state index >= 15 is 0 Å². The fourth-order valence-electron chi connectivity index (χ4n) is 3.80. The predicted molar refractivity (Wildman–Crippen MR) is 159 cm³/mol. The van der Waals surface area contributed by atoms with Crippen molar-refractivity contribution in [2.75, 3.05) is 25.1 Å². The first-order chi connectivity index (χ1) is 19.5. The molecule has 0 aliphatic carbocycles. The van der Waals surface area contributed by atoms with E-state index in [1.807, 2.05) is 6.26 Å². The molecule has 0 bridgehead atoms. The normalized spacial score (nSPS) is 13.7. The first-order valence-corrected chi connectivity index (χ1v) is 14.8. The van der Waals surface area contributed by atoms with Crippen LogP contribution in [0.4, 0.5) is 0 Å². The highest BCUT2D eigenvalue weighted by Gasteiger charge is 2.30. The standard InChI is InChI=1S/C26H44N8O6S/c1-41-14-11-18(28)22(36)32-19(5-2-3-12-27)23(37)34-21(15-16-7-9-17(35)10-8-16)24(38)33-20(25(39)40)6-4-13-31-26(29)30/h7-10,18-21,35H,2-6,11-15,27-28H2,1H3,(H,32,36)(H,33,38)(H,34,37)(H,39,40)(H4,29,30,31). The van der Waals surface area contributed by atoms with Gasteiger partial charge in [-0.25, -0.2) is 4.79 Å². The largest absolute Gasteiger partial charge is 0.508 e. The number of guanidine groups is 1. The van der Waals surface area contributed by atoms with Gasteiger partial charge in [0.25, 0.3) is 0 Å². The molecule has 1 rings (SSSR count). The van der Waals surface area contributed by atoms with Crippen LogP contribution in [0.3, 0.4) is 0 Å². The average Bonchev–Trinajstić information content (AvgIpc) is 2.93. The first kappa shape index (κ1) is 35.5. The Morgan fingerprint density at radius 2 is 1.46 bits per heavy atom. The third kappa shape index (κ3) is 14.6. The molecule has 230 valence electrons. The van der Waals surface area contributed by atoms with Gasteiger partial charge >= 0.3 is 5.97 Å². The molecule has 1 aromatic carbocycles. The molecule has 0 aliphatic rings. The Labute approximate surface area is 244 Å². The fourth-order valence-corrected chi connectivity index (χ4v) is 4.29. The maximum absolute atomic E-state index is 13.4. The highest BCUT2D eigenvalue weighted by atomic mass is 32.2. The number of thioether (sulfide) groups is 1. The smallest absolute Gasteiger partial charge is 0.326 e. The van der Waals surface area contributed by atoms with E-state index in [2.05, 4.69) is 20.9 Å². The molecule has 14 nitrogen and oxygen atoms in total. The maximum atomic E-state index is 13.4. The molecular weight excluding hydrogens is 552 g/mol. The molecule has 0 aromatic heterocycles. The summed E-state index contributed by atoms with van der Waals surface area (Å²) < 4.78 is 0. The molecule has 0 radical (unpaired) electrons. The van der Waals surface area contributed by atoms with E-state index in [9.17, 15) is 29.4 Å². The Hall–Kier alpha value is -3.56. The van der Waals surface area contributed by atoms with E-state index in [-0.39, 0.29) is 43.9 Å². The monoisotopic (exact) mass is 596 g/mol. The summed E-state index contributed by atoms with van der Waals surface area (Å²) in [6, 6.07) is 1.78. The number of amides is 3. The number of hydrogen-bond acceptors (Lipinski definition) is 9. The number of phenols is 1. The zero-order chi connectivity index (χ0) is 30.8. The SMILES string of the molecule is CSCCC(N)C(=O)NC(CCCCN)C(=O)NC(Cc1ccc(O)cc1)C(=O)NC(CCCN=C(N)N)C(=O)O. The number of nitrogens with zero attached hydrogens (tertiary/aromatic N) is 1. The zero-order valence-electron chi connectivity index (χ0n) is 23.4. The highest BCUT2D eigenvalue weighted by Crippen LogP contribution is 2.13. The van der Waals surface area contributed by atoms with E-state index in [1.54, 1.807) is 23.9 Å². The number of hydrogen-bond donors (Lipinski definition) is 9. The number of phenolic OH excluding ortho intramolecular Hbond substituents is 1. The molecule has 15 heteroatoms. The number of carboxylic acids is 1. The number of aromatic hydroxyl groups is 1. The van der Waals surface area contributed by atoms with Crippen LogP contribution in [0.1, 0.15) is 44.1 Å². The van der Waals surface area contributed by atoms with Gasteiger partial charge in [0.15, 0.2) is 5.96 Å². The Kier molecular flexibility index (Phi) is 16.9. The van der Waals surface area contributed by atoms with Crippen molar-refractivity contribution >= 4 is 41.4 Å². The Morgan fingerprint density at radius 1 is 0.878 bits per heavy atom. The number of benzene rings is 1. The van der Waals surface area contributed by atoms with Gasteiger partial charge in [0.2, 0.25) is 17.7 Å². The first-order valence-electron chi connectivity index (χ1n) is 13.4. The Bertz CT molecular complexity index is 1010. The van der Waals surface area contributed by atoms with Gasteiger partial charge in [0, 0.05) is 13.0 Å². The van der Waals surface area contributed by atoms with Crippen LogP contribution in [-0.4, -0.2) is 89.1 Å². The van der Waals surface area contributed by atoms with Gasteiger partial charge in [-0.15, -0.1) is 0 Å². The number of aliphatic carboxylic acids is 1. The van der Waals surface area contributed by atoms with Gasteiger partial charge in [-0.2, -0.15) is 11.8 Å². The summed E-state index contributed by atoms with van der Waals surface area (Å²) >= 11 is 1.54. The van der Waals surface area contributed by atoms with Crippen LogP contribution in [0.15, 0.2) is 29.3 Å². The third-order valence-corrected chi connectivity index (χ3v) is 6.76. The van der Waals surface area contributed by atoms with Crippen molar-refractivity contribution in [2.24, 2.45) is 27.9 Å². The van der Waals surface area contributed by atoms with E-state index in [0.717, 1.165) is 0 Å². The zero-order valence-corrected chi connectivity index (χ0v) is 24.2. The predicted octanol–water partition coefficient (Wildman–Crippen LogP) is -1.26. The Morgan fingerprint density at radius 3 is 2.05 bits per heavy atom. The summed E-state index contributed by atoms with van der Waals surface area (Å²) in [5.74, 6) is -2.54. The van der Waals surface area contributed by atoms with Gasteiger partial charge in [0.1, 0.15) is 23.9 Å². The number of unbranched alkanes of at least 4 members (excludes halogenated alkanes) is 1. The lowest BCUT2D eigenvalue weighted by Gasteiger charge is -2.25. The van der Waals surface area contributed by atoms with Crippen LogP contribution in [-0.2, 0) is 25.6 Å². The average molecular weight is 597 g/mol. The van der Waals surface area contributed by atoms with Crippen LogP contribution in [0, 0.1) is 0 Å². The third-order valence-electron chi connectivity index (χ3n) is 6.12.